The topological polar surface area (TPSA) is 58.2 Å². The zero-order valence-electron chi connectivity index (χ0n) is 9.20. The Morgan fingerprint density at radius 3 is 2.65 bits per heavy atom. The summed E-state index contributed by atoms with van der Waals surface area (Å²) in [5, 5.41) is 5.10. The third-order valence-corrected chi connectivity index (χ3v) is 2.66. The van der Waals surface area contributed by atoms with Gasteiger partial charge in [-0.3, -0.25) is 9.59 Å². The summed E-state index contributed by atoms with van der Waals surface area (Å²) in [4.78, 5) is 22.9. The van der Waals surface area contributed by atoms with E-state index in [0.717, 1.165) is 0 Å². The van der Waals surface area contributed by atoms with E-state index in [1.165, 1.54) is 0 Å². The average Bonchev–Trinajstić information content (AvgIpc) is 2.34. The molecule has 0 saturated carbocycles. The molecule has 1 aromatic carbocycles. The molecule has 0 bridgehead atoms. The van der Waals surface area contributed by atoms with Crippen molar-refractivity contribution in [2.75, 3.05) is 13.1 Å². The highest BCUT2D eigenvalue weighted by Crippen LogP contribution is 2.15. The molecule has 0 heterocycles. The number of hydrogen-bond acceptors (Lipinski definition) is 2. The van der Waals surface area contributed by atoms with Crippen LogP contribution in [-0.4, -0.2) is 24.9 Å². The standard InChI is InChI=1S/C12H13BrN2O2/c1-2-7-14-11(16)8-15-12(17)9-5-3-4-6-10(9)13/h2-6H,1,7-8H2,(H,14,16)(H,15,17). The van der Waals surface area contributed by atoms with Crippen LogP contribution in [0.4, 0.5) is 0 Å². The van der Waals surface area contributed by atoms with E-state index in [-0.39, 0.29) is 18.4 Å². The highest BCUT2D eigenvalue weighted by Gasteiger charge is 2.09. The van der Waals surface area contributed by atoms with Crippen LogP contribution < -0.4 is 10.6 Å². The van der Waals surface area contributed by atoms with Crippen LogP contribution in [0.15, 0.2) is 41.4 Å². The van der Waals surface area contributed by atoms with Crippen LogP contribution in [0.25, 0.3) is 0 Å². The molecule has 17 heavy (non-hydrogen) atoms. The lowest BCUT2D eigenvalue weighted by molar-refractivity contribution is -0.119. The van der Waals surface area contributed by atoms with Crippen LogP contribution in [-0.2, 0) is 4.79 Å². The number of nitrogens with one attached hydrogen (secondary N) is 2. The van der Waals surface area contributed by atoms with Gasteiger partial charge in [-0.05, 0) is 28.1 Å². The molecule has 0 spiro atoms. The van der Waals surface area contributed by atoms with E-state index in [2.05, 4.69) is 33.1 Å². The van der Waals surface area contributed by atoms with E-state index in [1.807, 2.05) is 6.07 Å². The first kappa shape index (κ1) is 13.4. The Kier molecular flexibility index (Phi) is 5.42. The van der Waals surface area contributed by atoms with E-state index >= 15 is 0 Å². The molecule has 0 aliphatic rings. The van der Waals surface area contributed by atoms with Gasteiger partial charge in [0.05, 0.1) is 12.1 Å². The lowest BCUT2D eigenvalue weighted by atomic mass is 10.2. The molecule has 1 aromatic rings. The second kappa shape index (κ2) is 6.85. The van der Waals surface area contributed by atoms with Crippen molar-refractivity contribution < 1.29 is 9.59 Å². The predicted molar refractivity (Wildman–Crippen MR) is 69.7 cm³/mol. The van der Waals surface area contributed by atoms with Crippen LogP contribution >= 0.6 is 15.9 Å². The zero-order valence-corrected chi connectivity index (χ0v) is 10.8. The molecular formula is C12H13BrN2O2. The van der Waals surface area contributed by atoms with Gasteiger partial charge in [-0.25, -0.2) is 0 Å². The van der Waals surface area contributed by atoms with Crippen molar-refractivity contribution in [3.63, 3.8) is 0 Å². The summed E-state index contributed by atoms with van der Waals surface area (Å²) in [6.45, 7) is 3.82. The molecule has 0 aliphatic heterocycles. The molecule has 0 fully saturated rings. The normalized spacial score (nSPS) is 9.47. The van der Waals surface area contributed by atoms with Gasteiger partial charge in [-0.2, -0.15) is 0 Å². The third-order valence-electron chi connectivity index (χ3n) is 1.97. The summed E-state index contributed by atoms with van der Waals surface area (Å²) < 4.78 is 0.698. The molecule has 0 radical (unpaired) electrons. The largest absolute Gasteiger partial charge is 0.351 e. The molecule has 2 N–H and O–H groups in total. The minimum absolute atomic E-state index is 0.0476. The Bertz CT molecular complexity index is 432. The summed E-state index contributed by atoms with van der Waals surface area (Å²) in [6, 6.07) is 7.03. The summed E-state index contributed by atoms with van der Waals surface area (Å²) >= 11 is 3.27. The minimum atomic E-state index is -0.286. The molecule has 0 aliphatic carbocycles. The number of carbonyl (C=O) groups excluding carboxylic acids is 2. The Hall–Kier alpha value is -1.62. The van der Waals surface area contributed by atoms with Gasteiger partial charge in [0, 0.05) is 11.0 Å². The fourth-order valence-electron chi connectivity index (χ4n) is 1.15. The summed E-state index contributed by atoms with van der Waals surface area (Å²) in [6.07, 6.45) is 1.58. The van der Waals surface area contributed by atoms with Crippen LogP contribution in [0.1, 0.15) is 10.4 Å². The van der Waals surface area contributed by atoms with Gasteiger partial charge in [-0.15, -0.1) is 6.58 Å². The monoisotopic (exact) mass is 296 g/mol. The third kappa shape index (κ3) is 4.40. The number of hydrogen-bond donors (Lipinski definition) is 2. The molecule has 0 saturated heterocycles. The quantitative estimate of drug-likeness (QED) is 0.809. The molecule has 0 atom stereocenters. The Morgan fingerprint density at radius 2 is 2.00 bits per heavy atom. The van der Waals surface area contributed by atoms with Crippen molar-refractivity contribution in [3.8, 4) is 0 Å². The van der Waals surface area contributed by atoms with Gasteiger partial charge in [0.1, 0.15) is 0 Å². The lowest BCUT2D eigenvalue weighted by Crippen LogP contribution is -2.37. The van der Waals surface area contributed by atoms with E-state index in [1.54, 1.807) is 24.3 Å². The van der Waals surface area contributed by atoms with Crippen LogP contribution in [0, 0.1) is 0 Å². The predicted octanol–water partition coefficient (Wildman–Crippen LogP) is 1.48. The molecule has 1 rings (SSSR count). The van der Waals surface area contributed by atoms with Crippen LogP contribution in [0.5, 0.6) is 0 Å². The maximum absolute atomic E-state index is 11.7. The number of carbonyl (C=O) groups is 2. The zero-order chi connectivity index (χ0) is 12.7. The molecule has 4 nitrogen and oxygen atoms in total. The van der Waals surface area contributed by atoms with Crippen LogP contribution in [0.2, 0.25) is 0 Å². The Labute approximate surface area is 108 Å². The van der Waals surface area contributed by atoms with Crippen molar-refractivity contribution in [1.29, 1.82) is 0 Å². The Morgan fingerprint density at radius 1 is 1.29 bits per heavy atom. The molecule has 5 heteroatoms. The van der Waals surface area contributed by atoms with Crippen molar-refractivity contribution in [2.45, 2.75) is 0 Å². The van der Waals surface area contributed by atoms with Gasteiger partial charge in [-0.1, -0.05) is 18.2 Å². The minimum Gasteiger partial charge on any atom is -0.351 e. The molecule has 0 aromatic heterocycles. The molecule has 90 valence electrons. The van der Waals surface area contributed by atoms with Gasteiger partial charge in [0.25, 0.3) is 5.91 Å². The maximum Gasteiger partial charge on any atom is 0.252 e. The second-order valence-electron chi connectivity index (χ2n) is 3.26. The van der Waals surface area contributed by atoms with Gasteiger partial charge < -0.3 is 10.6 Å². The maximum atomic E-state index is 11.7. The SMILES string of the molecule is C=CCNC(=O)CNC(=O)c1ccccc1Br. The van der Waals surface area contributed by atoms with Gasteiger partial charge in [0.15, 0.2) is 0 Å². The van der Waals surface area contributed by atoms with Crippen LogP contribution in [0.3, 0.4) is 0 Å². The molecule has 2 amide bonds. The number of rotatable bonds is 5. The van der Waals surface area contributed by atoms with Crippen molar-refractivity contribution >= 4 is 27.7 Å². The second-order valence-corrected chi connectivity index (χ2v) is 4.11. The first-order valence-electron chi connectivity index (χ1n) is 5.05. The van der Waals surface area contributed by atoms with E-state index in [4.69, 9.17) is 0 Å². The van der Waals surface area contributed by atoms with Crippen molar-refractivity contribution in [2.24, 2.45) is 0 Å². The highest BCUT2D eigenvalue weighted by molar-refractivity contribution is 9.10. The van der Waals surface area contributed by atoms with E-state index < -0.39 is 0 Å². The average molecular weight is 297 g/mol. The van der Waals surface area contributed by atoms with Gasteiger partial charge in [0.2, 0.25) is 5.91 Å². The molecule has 0 unspecified atom stereocenters. The van der Waals surface area contributed by atoms with Gasteiger partial charge >= 0.3 is 0 Å². The smallest absolute Gasteiger partial charge is 0.252 e. The summed E-state index contributed by atoms with van der Waals surface area (Å²) in [5.74, 6) is -0.531. The number of benzene rings is 1. The number of amides is 2. The summed E-state index contributed by atoms with van der Waals surface area (Å²) in [5.41, 5.74) is 0.504. The highest BCUT2D eigenvalue weighted by atomic mass is 79.9. The Balaban J connectivity index is 2.48. The fourth-order valence-corrected chi connectivity index (χ4v) is 1.61. The summed E-state index contributed by atoms with van der Waals surface area (Å²) in [7, 11) is 0. The first-order valence-corrected chi connectivity index (χ1v) is 5.84. The van der Waals surface area contributed by atoms with E-state index in [0.29, 0.717) is 16.6 Å². The fraction of sp³-hybridized carbons (Fsp3) is 0.167. The van der Waals surface area contributed by atoms with Crippen molar-refractivity contribution in [1.82, 2.24) is 10.6 Å². The number of halogens is 1. The lowest BCUT2D eigenvalue weighted by Gasteiger charge is -2.06. The van der Waals surface area contributed by atoms with E-state index in [9.17, 15) is 9.59 Å². The van der Waals surface area contributed by atoms with Crippen molar-refractivity contribution in [3.05, 3.63) is 47.0 Å². The molecular weight excluding hydrogens is 284 g/mol. The first-order chi connectivity index (χ1) is 8.15.